The summed E-state index contributed by atoms with van der Waals surface area (Å²) in [7, 11) is 3.83. The topological polar surface area (TPSA) is 64.8 Å². The first-order valence-electron chi connectivity index (χ1n) is 10.6. The number of esters is 1. The third-order valence-corrected chi connectivity index (χ3v) is 8.64. The number of ether oxygens (including phenoxy) is 2. The summed E-state index contributed by atoms with van der Waals surface area (Å²) in [6.07, 6.45) is 3.90. The van der Waals surface area contributed by atoms with Gasteiger partial charge in [0.2, 0.25) is 0 Å². The lowest BCUT2D eigenvalue weighted by Crippen LogP contribution is -2.49. The third kappa shape index (κ3) is 5.31. The first-order chi connectivity index (χ1) is 14.9. The molecule has 4 atom stereocenters. The molecular formula is C24H29ClI2N2O3. The van der Waals surface area contributed by atoms with Gasteiger partial charge in [-0.1, -0.05) is 12.1 Å². The monoisotopic (exact) mass is 682 g/mol. The molecule has 0 saturated carbocycles. The molecule has 2 fully saturated rings. The second kappa shape index (κ2) is 11.1. The van der Waals surface area contributed by atoms with Crippen LogP contribution in [0.25, 0.3) is 0 Å². The quantitative estimate of drug-likeness (QED) is 0.256. The van der Waals surface area contributed by atoms with Crippen LogP contribution >= 0.6 is 57.6 Å². The molecule has 0 amide bonds. The highest BCUT2D eigenvalue weighted by Crippen LogP contribution is 2.46. The Morgan fingerprint density at radius 2 is 1.81 bits per heavy atom. The average molecular weight is 683 g/mol. The fourth-order valence-electron chi connectivity index (χ4n) is 5.13. The Morgan fingerprint density at radius 1 is 1.16 bits per heavy atom. The van der Waals surface area contributed by atoms with Crippen LogP contribution in [0.5, 0.6) is 5.75 Å². The Bertz CT molecular complexity index is 934. The van der Waals surface area contributed by atoms with Crippen molar-refractivity contribution in [3.63, 3.8) is 0 Å². The van der Waals surface area contributed by atoms with E-state index in [1.54, 1.807) is 7.11 Å². The number of nitrogens with zero attached hydrogens (tertiary/aromatic N) is 1. The lowest BCUT2D eigenvalue weighted by molar-refractivity contribution is -0.153. The van der Waals surface area contributed by atoms with Gasteiger partial charge < -0.3 is 15.2 Å². The Labute approximate surface area is 223 Å². The number of carbonyl (C=O) groups is 1. The normalized spacial score (nSPS) is 24.6. The highest BCUT2D eigenvalue weighted by atomic mass is 127. The molecule has 8 heteroatoms. The van der Waals surface area contributed by atoms with E-state index in [1.807, 2.05) is 12.1 Å². The van der Waals surface area contributed by atoms with Crippen molar-refractivity contribution in [3.05, 3.63) is 54.7 Å². The number of piperidine rings is 1. The lowest BCUT2D eigenvalue weighted by Gasteiger charge is -2.42. The molecular weight excluding hydrogens is 654 g/mol. The number of carbonyl (C=O) groups excluding carboxylic acids is 1. The first kappa shape index (κ1) is 25.8. The molecule has 0 spiro atoms. The second-order valence-electron chi connectivity index (χ2n) is 8.50. The number of hydrogen-bond acceptors (Lipinski definition) is 5. The van der Waals surface area contributed by atoms with Gasteiger partial charge in [0.1, 0.15) is 5.75 Å². The van der Waals surface area contributed by atoms with Gasteiger partial charge in [0.05, 0.1) is 25.3 Å². The predicted molar refractivity (Wildman–Crippen MR) is 147 cm³/mol. The Hall–Kier alpha value is -0.780. The summed E-state index contributed by atoms with van der Waals surface area (Å²) in [6.45, 7) is 0.389. The number of halogens is 3. The molecule has 0 unspecified atom stereocenters. The number of benzene rings is 2. The maximum atomic E-state index is 13.3. The number of hydrogen-bond donors (Lipinski definition) is 1. The minimum Gasteiger partial charge on any atom is -0.497 e. The van der Waals surface area contributed by atoms with E-state index >= 15 is 0 Å². The van der Waals surface area contributed by atoms with Gasteiger partial charge in [0.15, 0.2) is 0 Å². The maximum absolute atomic E-state index is 13.3. The van der Waals surface area contributed by atoms with Gasteiger partial charge in [-0.25, -0.2) is 0 Å². The van der Waals surface area contributed by atoms with Crippen LogP contribution in [0.2, 0.25) is 0 Å². The van der Waals surface area contributed by atoms with E-state index in [1.165, 1.54) is 5.56 Å². The lowest BCUT2D eigenvalue weighted by atomic mass is 9.76. The molecule has 0 aromatic heterocycles. The summed E-state index contributed by atoms with van der Waals surface area (Å²) >= 11 is 4.50. The molecule has 5 nitrogen and oxygen atoms in total. The number of rotatable bonds is 6. The van der Waals surface area contributed by atoms with Gasteiger partial charge in [0.25, 0.3) is 0 Å². The molecule has 0 aliphatic carbocycles. The van der Waals surface area contributed by atoms with Crippen molar-refractivity contribution in [3.8, 4) is 5.75 Å². The van der Waals surface area contributed by atoms with Gasteiger partial charge >= 0.3 is 5.97 Å². The smallest absolute Gasteiger partial charge is 0.311 e. The summed E-state index contributed by atoms with van der Waals surface area (Å²) in [4.78, 5) is 15.7. The summed E-state index contributed by atoms with van der Waals surface area (Å²) in [5.74, 6) is 0.818. The largest absolute Gasteiger partial charge is 0.497 e. The SMILES string of the molecule is COc1ccc([C@H]2C[C@@H]3CC[C@H]([C@H]2C(=O)OCCc2cc(I)c(N)c(I)c2)N3C)cc1.Cl. The van der Waals surface area contributed by atoms with Gasteiger partial charge in [-0.2, -0.15) is 0 Å². The van der Waals surface area contributed by atoms with E-state index in [0.717, 1.165) is 43.4 Å². The number of fused-ring (bicyclic) bond motifs is 2. The number of nitrogens with two attached hydrogens (primary N) is 1. The average Bonchev–Trinajstić information content (AvgIpc) is 2.99. The van der Waals surface area contributed by atoms with Crippen LogP contribution in [0.15, 0.2) is 36.4 Å². The van der Waals surface area contributed by atoms with Crippen molar-refractivity contribution in [1.82, 2.24) is 4.90 Å². The number of nitrogen functional groups attached to an aromatic ring is 1. The summed E-state index contributed by atoms with van der Waals surface area (Å²) in [6, 6.07) is 13.1. The molecule has 2 saturated heterocycles. The second-order valence-corrected chi connectivity index (χ2v) is 10.8. The van der Waals surface area contributed by atoms with Crippen molar-refractivity contribution < 1.29 is 14.3 Å². The maximum Gasteiger partial charge on any atom is 0.311 e. The fraction of sp³-hybridized carbons (Fsp3) is 0.458. The number of methoxy groups -OCH3 is 1. The highest BCUT2D eigenvalue weighted by Gasteiger charge is 2.49. The summed E-state index contributed by atoms with van der Waals surface area (Å²) in [5.41, 5.74) is 9.21. The van der Waals surface area contributed by atoms with Gasteiger partial charge in [-0.05, 0) is 107 Å². The molecule has 174 valence electrons. The van der Waals surface area contributed by atoms with Gasteiger partial charge in [-0.15, -0.1) is 12.4 Å². The van der Waals surface area contributed by atoms with E-state index in [4.69, 9.17) is 15.2 Å². The standard InChI is InChI=1S/C24H28I2N2O3.ClH/c1-28-16-5-8-21(28)22(18(13-16)15-3-6-17(30-2)7-4-15)24(29)31-10-9-14-11-19(25)23(27)20(26)12-14;/h3-4,6-7,11-12,16,18,21-22H,5,8-10,13,27H2,1-2H3;1H/t16-,18+,21+,22-;/m0./s1. The molecule has 2 aromatic carbocycles. The van der Waals surface area contributed by atoms with Gasteiger partial charge in [0, 0.05) is 31.6 Å². The van der Waals surface area contributed by atoms with Crippen LogP contribution < -0.4 is 10.5 Å². The molecule has 0 radical (unpaired) electrons. The minimum atomic E-state index is -0.135. The van der Waals surface area contributed by atoms with Crippen LogP contribution in [0.4, 0.5) is 5.69 Å². The van der Waals surface area contributed by atoms with Crippen LogP contribution in [-0.2, 0) is 16.0 Å². The molecule has 2 aliphatic rings. The number of anilines is 1. The highest BCUT2D eigenvalue weighted by molar-refractivity contribution is 14.1. The third-order valence-electron chi connectivity index (χ3n) is 6.86. The van der Waals surface area contributed by atoms with Crippen molar-refractivity contribution in [2.24, 2.45) is 5.92 Å². The molecule has 4 rings (SSSR count). The van der Waals surface area contributed by atoms with E-state index in [9.17, 15) is 4.79 Å². The van der Waals surface area contributed by atoms with Crippen molar-refractivity contribution in [2.45, 2.75) is 43.7 Å². The fourth-order valence-corrected chi connectivity index (χ4v) is 7.03. The van der Waals surface area contributed by atoms with E-state index < -0.39 is 0 Å². The summed E-state index contributed by atoms with van der Waals surface area (Å²) in [5, 5.41) is 0. The van der Waals surface area contributed by atoms with Crippen LogP contribution in [0.1, 0.15) is 36.3 Å². The van der Waals surface area contributed by atoms with E-state index in [-0.39, 0.29) is 36.3 Å². The van der Waals surface area contributed by atoms with Gasteiger partial charge in [-0.3, -0.25) is 9.69 Å². The Morgan fingerprint density at radius 3 is 2.44 bits per heavy atom. The molecule has 2 heterocycles. The zero-order valence-electron chi connectivity index (χ0n) is 18.2. The molecule has 2 N–H and O–H groups in total. The zero-order chi connectivity index (χ0) is 22.1. The Balaban J connectivity index is 0.00000289. The molecule has 2 aliphatic heterocycles. The first-order valence-corrected chi connectivity index (χ1v) is 12.8. The van der Waals surface area contributed by atoms with Crippen LogP contribution in [-0.4, -0.2) is 43.7 Å². The summed E-state index contributed by atoms with van der Waals surface area (Å²) < 4.78 is 13.3. The predicted octanol–water partition coefficient (Wildman–Crippen LogP) is 5.26. The van der Waals surface area contributed by atoms with Crippen LogP contribution in [0, 0.1) is 13.1 Å². The molecule has 32 heavy (non-hydrogen) atoms. The molecule has 2 bridgehead atoms. The van der Waals surface area contributed by atoms with Crippen molar-refractivity contribution >= 4 is 69.2 Å². The van der Waals surface area contributed by atoms with E-state index in [0.29, 0.717) is 19.1 Å². The van der Waals surface area contributed by atoms with Crippen molar-refractivity contribution in [1.29, 1.82) is 0 Å². The van der Waals surface area contributed by atoms with Crippen LogP contribution in [0.3, 0.4) is 0 Å². The van der Waals surface area contributed by atoms with E-state index in [2.05, 4.69) is 81.4 Å². The Kier molecular flexibility index (Phi) is 8.96. The van der Waals surface area contributed by atoms with Crippen molar-refractivity contribution in [2.75, 3.05) is 26.5 Å². The zero-order valence-corrected chi connectivity index (χ0v) is 23.4. The minimum absolute atomic E-state index is 0. The molecule has 2 aromatic rings.